The van der Waals surface area contributed by atoms with E-state index >= 15 is 0 Å². The molecule has 0 heterocycles. The van der Waals surface area contributed by atoms with Crippen molar-refractivity contribution in [3.8, 4) is 0 Å². The minimum absolute atomic E-state index is 0.480. The van der Waals surface area contributed by atoms with Crippen LogP contribution in [0.4, 0.5) is 0 Å². The van der Waals surface area contributed by atoms with E-state index in [0.717, 1.165) is 5.70 Å². The molecule has 0 aliphatic carbocycles. The van der Waals surface area contributed by atoms with Crippen LogP contribution in [-0.4, -0.2) is 6.04 Å². The lowest BCUT2D eigenvalue weighted by Gasteiger charge is -2.07. The van der Waals surface area contributed by atoms with Crippen LogP contribution in [0, 0.1) is 0 Å². The van der Waals surface area contributed by atoms with Gasteiger partial charge in [0.05, 0.1) is 0 Å². The Morgan fingerprint density at radius 3 is 2.44 bits per heavy atom. The number of nitrogens with one attached hydrogen (secondary N) is 1. The van der Waals surface area contributed by atoms with Gasteiger partial charge in [-0.05, 0) is 26.8 Å². The van der Waals surface area contributed by atoms with Crippen LogP contribution < -0.4 is 5.32 Å². The molecule has 0 atom stereocenters. The van der Waals surface area contributed by atoms with E-state index < -0.39 is 0 Å². The van der Waals surface area contributed by atoms with Crippen molar-refractivity contribution in [1.29, 1.82) is 0 Å². The Labute approximate surface area is 57.5 Å². The predicted octanol–water partition coefficient (Wildman–Crippen LogP) is 2.07. The maximum Gasteiger partial charge on any atom is 0.0265 e. The van der Waals surface area contributed by atoms with E-state index in [1.807, 2.05) is 19.1 Å². The SMILES string of the molecule is C=C(/C=C\C)NC(C)C. The lowest BCUT2D eigenvalue weighted by atomic mass is 10.3. The maximum atomic E-state index is 3.79. The highest BCUT2D eigenvalue weighted by atomic mass is 14.9. The fourth-order valence-electron chi connectivity index (χ4n) is 0.620. The van der Waals surface area contributed by atoms with E-state index in [2.05, 4.69) is 25.7 Å². The maximum absolute atomic E-state index is 3.79. The van der Waals surface area contributed by atoms with Gasteiger partial charge in [-0.15, -0.1) is 0 Å². The lowest BCUT2D eigenvalue weighted by molar-refractivity contribution is 0.683. The highest BCUT2D eigenvalue weighted by Crippen LogP contribution is 1.88. The van der Waals surface area contributed by atoms with Crippen molar-refractivity contribution in [2.75, 3.05) is 0 Å². The van der Waals surface area contributed by atoms with E-state index in [-0.39, 0.29) is 0 Å². The second-order valence-corrected chi connectivity index (χ2v) is 2.32. The molecule has 0 saturated heterocycles. The van der Waals surface area contributed by atoms with Gasteiger partial charge in [-0.3, -0.25) is 0 Å². The fraction of sp³-hybridized carbons (Fsp3) is 0.500. The molecule has 0 aliphatic rings. The Morgan fingerprint density at radius 2 is 2.11 bits per heavy atom. The monoisotopic (exact) mass is 125 g/mol. The van der Waals surface area contributed by atoms with Gasteiger partial charge in [-0.25, -0.2) is 0 Å². The van der Waals surface area contributed by atoms with Crippen molar-refractivity contribution in [2.45, 2.75) is 26.8 Å². The highest BCUT2D eigenvalue weighted by molar-refractivity contribution is 5.11. The molecule has 0 amide bonds. The first-order valence-electron chi connectivity index (χ1n) is 3.25. The summed E-state index contributed by atoms with van der Waals surface area (Å²) in [5.74, 6) is 0. The third-order valence-corrected chi connectivity index (χ3v) is 0.842. The number of hydrogen-bond acceptors (Lipinski definition) is 1. The summed E-state index contributed by atoms with van der Waals surface area (Å²) in [4.78, 5) is 0. The van der Waals surface area contributed by atoms with Crippen LogP contribution in [0.3, 0.4) is 0 Å². The van der Waals surface area contributed by atoms with Crippen molar-refractivity contribution in [2.24, 2.45) is 0 Å². The van der Waals surface area contributed by atoms with Gasteiger partial charge in [0.25, 0.3) is 0 Å². The molecule has 0 saturated carbocycles. The van der Waals surface area contributed by atoms with Crippen LogP contribution in [-0.2, 0) is 0 Å². The summed E-state index contributed by atoms with van der Waals surface area (Å²) in [5, 5.41) is 3.16. The second-order valence-electron chi connectivity index (χ2n) is 2.32. The molecule has 0 unspecified atom stereocenters. The van der Waals surface area contributed by atoms with Crippen LogP contribution >= 0.6 is 0 Å². The van der Waals surface area contributed by atoms with Crippen LogP contribution in [0.25, 0.3) is 0 Å². The second kappa shape index (κ2) is 4.19. The smallest absolute Gasteiger partial charge is 0.0265 e. The van der Waals surface area contributed by atoms with Gasteiger partial charge in [0.15, 0.2) is 0 Å². The minimum atomic E-state index is 0.480. The average molecular weight is 125 g/mol. The van der Waals surface area contributed by atoms with Crippen LogP contribution in [0.5, 0.6) is 0 Å². The molecule has 1 nitrogen and oxygen atoms in total. The molecule has 0 aliphatic heterocycles. The molecule has 0 aromatic heterocycles. The first-order chi connectivity index (χ1) is 4.16. The zero-order chi connectivity index (χ0) is 7.28. The fourth-order valence-corrected chi connectivity index (χ4v) is 0.620. The normalized spacial score (nSPS) is 10.7. The molecular formula is C8H15N. The highest BCUT2D eigenvalue weighted by Gasteiger charge is 1.88. The summed E-state index contributed by atoms with van der Waals surface area (Å²) in [6.45, 7) is 9.95. The molecule has 0 aromatic rings. The molecule has 0 rings (SSSR count). The van der Waals surface area contributed by atoms with Crippen LogP contribution in [0.2, 0.25) is 0 Å². The van der Waals surface area contributed by atoms with Gasteiger partial charge in [0, 0.05) is 11.7 Å². The van der Waals surface area contributed by atoms with E-state index in [9.17, 15) is 0 Å². The summed E-state index contributed by atoms with van der Waals surface area (Å²) in [6, 6.07) is 0.480. The number of allylic oxidation sites excluding steroid dienone is 2. The van der Waals surface area contributed by atoms with Gasteiger partial charge in [-0.1, -0.05) is 12.7 Å². The summed E-state index contributed by atoms with van der Waals surface area (Å²) in [5.41, 5.74) is 0.979. The zero-order valence-corrected chi connectivity index (χ0v) is 6.44. The Kier molecular flexibility index (Phi) is 3.85. The van der Waals surface area contributed by atoms with Crippen molar-refractivity contribution in [3.05, 3.63) is 24.4 Å². The van der Waals surface area contributed by atoms with Gasteiger partial charge in [-0.2, -0.15) is 0 Å². The van der Waals surface area contributed by atoms with E-state index in [1.165, 1.54) is 0 Å². The van der Waals surface area contributed by atoms with Crippen molar-refractivity contribution < 1.29 is 0 Å². The number of hydrogen-bond donors (Lipinski definition) is 1. The topological polar surface area (TPSA) is 12.0 Å². The first kappa shape index (κ1) is 8.28. The van der Waals surface area contributed by atoms with Gasteiger partial charge < -0.3 is 5.32 Å². The quantitative estimate of drug-likeness (QED) is 0.569. The van der Waals surface area contributed by atoms with Crippen molar-refractivity contribution in [1.82, 2.24) is 5.32 Å². The molecule has 0 aromatic carbocycles. The Bertz CT molecular complexity index is 112. The van der Waals surface area contributed by atoms with E-state index in [0.29, 0.717) is 6.04 Å². The lowest BCUT2D eigenvalue weighted by Crippen LogP contribution is -2.19. The summed E-state index contributed by atoms with van der Waals surface area (Å²) in [7, 11) is 0. The molecule has 0 spiro atoms. The largest absolute Gasteiger partial charge is 0.383 e. The molecule has 9 heavy (non-hydrogen) atoms. The van der Waals surface area contributed by atoms with Crippen molar-refractivity contribution >= 4 is 0 Å². The van der Waals surface area contributed by atoms with E-state index in [1.54, 1.807) is 0 Å². The van der Waals surface area contributed by atoms with Crippen LogP contribution in [0.15, 0.2) is 24.4 Å². The molecular weight excluding hydrogens is 110 g/mol. The zero-order valence-electron chi connectivity index (χ0n) is 6.44. The first-order valence-corrected chi connectivity index (χ1v) is 3.25. The molecule has 0 radical (unpaired) electrons. The summed E-state index contributed by atoms with van der Waals surface area (Å²) < 4.78 is 0. The van der Waals surface area contributed by atoms with Gasteiger partial charge in [0.2, 0.25) is 0 Å². The molecule has 1 N–H and O–H groups in total. The average Bonchev–Trinajstić information content (AvgIpc) is 1.63. The third-order valence-electron chi connectivity index (χ3n) is 0.842. The predicted molar refractivity (Wildman–Crippen MR) is 42.2 cm³/mol. The van der Waals surface area contributed by atoms with Crippen LogP contribution in [0.1, 0.15) is 20.8 Å². The number of rotatable bonds is 3. The van der Waals surface area contributed by atoms with E-state index in [4.69, 9.17) is 0 Å². The molecule has 1 heteroatoms. The summed E-state index contributed by atoms with van der Waals surface area (Å²) >= 11 is 0. The summed E-state index contributed by atoms with van der Waals surface area (Å²) in [6.07, 6.45) is 3.93. The Balaban J connectivity index is 3.51. The molecule has 0 bridgehead atoms. The standard InChI is InChI=1S/C8H15N/c1-5-6-8(4)9-7(2)3/h5-7,9H,4H2,1-3H3/b6-5-. The van der Waals surface area contributed by atoms with Gasteiger partial charge >= 0.3 is 0 Å². The Morgan fingerprint density at radius 1 is 1.56 bits per heavy atom. The molecule has 52 valence electrons. The molecule has 0 fully saturated rings. The van der Waals surface area contributed by atoms with Crippen molar-refractivity contribution in [3.63, 3.8) is 0 Å². The van der Waals surface area contributed by atoms with Gasteiger partial charge in [0.1, 0.15) is 0 Å². The minimum Gasteiger partial charge on any atom is -0.383 e. The Hall–Kier alpha value is -0.720. The third kappa shape index (κ3) is 5.15.